The number of aromatic amines is 1. The lowest BCUT2D eigenvalue weighted by Gasteiger charge is -2.35. The van der Waals surface area contributed by atoms with Crippen LogP contribution in [0, 0.1) is 13.8 Å². The smallest absolute Gasteiger partial charge is 0.256 e. The van der Waals surface area contributed by atoms with Crippen molar-refractivity contribution in [2.24, 2.45) is 0 Å². The van der Waals surface area contributed by atoms with Crippen molar-refractivity contribution in [1.29, 1.82) is 0 Å². The number of hydrogen-bond donors (Lipinski definition) is 1. The summed E-state index contributed by atoms with van der Waals surface area (Å²) in [4.78, 5) is 23.1. The van der Waals surface area contributed by atoms with Crippen LogP contribution in [0.3, 0.4) is 0 Å². The lowest BCUT2D eigenvalue weighted by atomic mass is 9.97. The standard InChI is InChI=1S/C25H29N7O/c1-16-11-18-14-26-28-23(18)19(12-16)25(33)31-10-4-3-7-21(31)20-13-22-27-24(30-8-5-6-9-30)17(2)15-32(22)29-20/h11-15,21H,3-10H2,1-2H3,(H,26,28). The molecular weight excluding hydrogens is 414 g/mol. The molecule has 1 amide bonds. The average molecular weight is 444 g/mol. The Morgan fingerprint density at radius 1 is 1.06 bits per heavy atom. The monoisotopic (exact) mass is 443 g/mol. The number of amides is 1. The van der Waals surface area contributed by atoms with Gasteiger partial charge in [0.15, 0.2) is 5.65 Å². The summed E-state index contributed by atoms with van der Waals surface area (Å²) < 4.78 is 1.88. The normalized spacial score (nSPS) is 19.2. The van der Waals surface area contributed by atoms with Crippen molar-refractivity contribution < 1.29 is 4.79 Å². The highest BCUT2D eigenvalue weighted by Crippen LogP contribution is 2.34. The van der Waals surface area contributed by atoms with Gasteiger partial charge in [-0.1, -0.05) is 0 Å². The number of rotatable bonds is 3. The summed E-state index contributed by atoms with van der Waals surface area (Å²) in [5.41, 5.74) is 5.45. The third kappa shape index (κ3) is 3.44. The van der Waals surface area contributed by atoms with E-state index < -0.39 is 0 Å². The highest BCUT2D eigenvalue weighted by molar-refractivity contribution is 6.05. The van der Waals surface area contributed by atoms with Crippen molar-refractivity contribution >= 4 is 28.3 Å². The van der Waals surface area contributed by atoms with E-state index in [2.05, 4.69) is 40.4 Å². The Labute approximate surface area is 192 Å². The first-order chi connectivity index (χ1) is 16.1. The number of nitrogens with zero attached hydrogens (tertiary/aromatic N) is 6. The molecule has 3 aromatic heterocycles. The minimum Gasteiger partial charge on any atom is -0.356 e. The van der Waals surface area contributed by atoms with E-state index in [1.807, 2.05) is 22.4 Å². The van der Waals surface area contributed by atoms with Crippen molar-refractivity contribution in [1.82, 2.24) is 29.7 Å². The van der Waals surface area contributed by atoms with Gasteiger partial charge in [-0.15, -0.1) is 0 Å². The summed E-state index contributed by atoms with van der Waals surface area (Å²) in [5, 5.41) is 13.0. The molecule has 8 heteroatoms. The van der Waals surface area contributed by atoms with Crippen molar-refractivity contribution in [3.05, 3.63) is 53.0 Å². The first-order valence-corrected chi connectivity index (χ1v) is 11.9. The maximum atomic E-state index is 13.8. The molecule has 33 heavy (non-hydrogen) atoms. The first-order valence-electron chi connectivity index (χ1n) is 11.9. The summed E-state index contributed by atoms with van der Waals surface area (Å²) in [5.74, 6) is 1.10. The number of benzene rings is 1. The van der Waals surface area contributed by atoms with Crippen molar-refractivity contribution in [3.63, 3.8) is 0 Å². The third-order valence-corrected chi connectivity index (χ3v) is 7.06. The van der Waals surface area contributed by atoms with Crippen LogP contribution in [-0.2, 0) is 0 Å². The van der Waals surface area contributed by atoms with E-state index in [9.17, 15) is 4.79 Å². The minimum absolute atomic E-state index is 0.0385. The Hall–Kier alpha value is -3.42. The molecule has 2 aliphatic heterocycles. The number of anilines is 1. The zero-order valence-corrected chi connectivity index (χ0v) is 19.2. The highest BCUT2D eigenvalue weighted by atomic mass is 16.2. The highest BCUT2D eigenvalue weighted by Gasteiger charge is 2.32. The molecule has 1 N–H and O–H groups in total. The molecule has 4 aromatic rings. The summed E-state index contributed by atoms with van der Waals surface area (Å²) in [7, 11) is 0. The third-order valence-electron chi connectivity index (χ3n) is 7.06. The molecule has 1 aromatic carbocycles. The van der Waals surface area contributed by atoms with E-state index in [-0.39, 0.29) is 11.9 Å². The molecule has 0 aliphatic carbocycles. The molecule has 6 rings (SSSR count). The first kappa shape index (κ1) is 20.2. The van der Waals surface area contributed by atoms with Gasteiger partial charge < -0.3 is 9.80 Å². The second-order valence-electron chi connectivity index (χ2n) is 9.47. The van der Waals surface area contributed by atoms with Gasteiger partial charge in [0, 0.05) is 42.8 Å². The number of carbonyl (C=O) groups is 1. The number of carbonyl (C=O) groups excluding carboxylic acids is 1. The van der Waals surface area contributed by atoms with Crippen LogP contribution in [0.1, 0.15) is 65.3 Å². The quantitative estimate of drug-likeness (QED) is 0.513. The van der Waals surface area contributed by atoms with E-state index in [1.165, 1.54) is 12.8 Å². The minimum atomic E-state index is -0.0537. The lowest BCUT2D eigenvalue weighted by Crippen LogP contribution is -2.38. The molecule has 2 fully saturated rings. The van der Waals surface area contributed by atoms with E-state index in [0.29, 0.717) is 5.56 Å². The largest absolute Gasteiger partial charge is 0.356 e. The number of aryl methyl sites for hydroxylation is 2. The molecule has 5 heterocycles. The molecule has 2 saturated heterocycles. The molecule has 0 saturated carbocycles. The van der Waals surface area contributed by atoms with Gasteiger partial charge in [-0.2, -0.15) is 10.2 Å². The Balaban J connectivity index is 1.37. The Morgan fingerprint density at radius 3 is 2.73 bits per heavy atom. The maximum Gasteiger partial charge on any atom is 0.256 e. The molecule has 0 radical (unpaired) electrons. The number of aromatic nitrogens is 5. The van der Waals surface area contributed by atoms with Crippen LogP contribution < -0.4 is 4.90 Å². The fourth-order valence-corrected chi connectivity index (χ4v) is 5.44. The van der Waals surface area contributed by atoms with Gasteiger partial charge in [0.2, 0.25) is 0 Å². The second kappa shape index (κ2) is 7.86. The molecule has 1 atom stereocenters. The molecule has 0 spiro atoms. The van der Waals surface area contributed by atoms with Crippen molar-refractivity contribution in [2.75, 3.05) is 24.5 Å². The number of hydrogen-bond acceptors (Lipinski definition) is 5. The average Bonchev–Trinajstić information content (AvgIpc) is 3.57. The summed E-state index contributed by atoms with van der Waals surface area (Å²) in [6.07, 6.45) is 9.29. The summed E-state index contributed by atoms with van der Waals surface area (Å²) in [6, 6.07) is 6.03. The summed E-state index contributed by atoms with van der Waals surface area (Å²) >= 11 is 0. The molecule has 170 valence electrons. The zero-order chi connectivity index (χ0) is 22.5. The van der Waals surface area contributed by atoms with Crippen LogP contribution in [0.25, 0.3) is 16.6 Å². The molecule has 1 unspecified atom stereocenters. The molecule has 2 aliphatic rings. The fraction of sp³-hybridized carbons (Fsp3) is 0.440. The van der Waals surface area contributed by atoms with E-state index in [0.717, 1.165) is 78.1 Å². The Kier molecular flexibility index (Phi) is 4.81. The molecular formula is C25H29N7O. The number of H-pyrrole nitrogens is 1. The molecule has 0 bridgehead atoms. The van der Waals surface area contributed by atoms with Crippen LogP contribution in [0.15, 0.2) is 30.6 Å². The number of likely N-dealkylation sites (tertiary alicyclic amines) is 1. The van der Waals surface area contributed by atoms with Crippen LogP contribution >= 0.6 is 0 Å². The predicted molar refractivity (Wildman–Crippen MR) is 128 cm³/mol. The Morgan fingerprint density at radius 2 is 1.88 bits per heavy atom. The summed E-state index contributed by atoms with van der Waals surface area (Å²) in [6.45, 7) is 6.98. The van der Waals surface area contributed by atoms with Crippen LogP contribution in [0.4, 0.5) is 5.82 Å². The number of fused-ring (bicyclic) bond motifs is 2. The molecule has 8 nitrogen and oxygen atoms in total. The van der Waals surface area contributed by atoms with Gasteiger partial charge in [-0.25, -0.2) is 9.50 Å². The zero-order valence-electron chi connectivity index (χ0n) is 19.2. The van der Waals surface area contributed by atoms with Crippen LogP contribution in [0.5, 0.6) is 0 Å². The number of piperidine rings is 1. The predicted octanol–water partition coefficient (Wildman–Crippen LogP) is 4.19. The van der Waals surface area contributed by atoms with Crippen LogP contribution in [0.2, 0.25) is 0 Å². The Bertz CT molecular complexity index is 1350. The maximum absolute atomic E-state index is 13.8. The topological polar surface area (TPSA) is 82.4 Å². The van der Waals surface area contributed by atoms with E-state index in [1.54, 1.807) is 6.20 Å². The van der Waals surface area contributed by atoms with Gasteiger partial charge in [0.05, 0.1) is 29.0 Å². The van der Waals surface area contributed by atoms with Gasteiger partial charge in [-0.3, -0.25) is 9.89 Å². The van der Waals surface area contributed by atoms with Crippen molar-refractivity contribution in [2.45, 2.75) is 52.0 Å². The van der Waals surface area contributed by atoms with Gasteiger partial charge in [0.25, 0.3) is 5.91 Å². The lowest BCUT2D eigenvalue weighted by molar-refractivity contribution is 0.0607. The van der Waals surface area contributed by atoms with E-state index >= 15 is 0 Å². The van der Waals surface area contributed by atoms with Crippen molar-refractivity contribution in [3.8, 4) is 0 Å². The van der Waals surface area contributed by atoms with Gasteiger partial charge in [-0.05, 0) is 63.6 Å². The number of nitrogens with one attached hydrogen (secondary N) is 1. The SMILES string of the molecule is Cc1cc(C(=O)N2CCCCC2c2cc3nc(N4CCCC4)c(C)cn3n2)c2[nH]ncc2c1. The fourth-order valence-electron chi connectivity index (χ4n) is 5.44. The second-order valence-corrected chi connectivity index (χ2v) is 9.47. The van der Waals surface area contributed by atoms with E-state index in [4.69, 9.17) is 10.1 Å². The van der Waals surface area contributed by atoms with Gasteiger partial charge in [0.1, 0.15) is 5.82 Å². The van der Waals surface area contributed by atoms with Crippen LogP contribution in [-0.4, -0.2) is 55.2 Å². The van der Waals surface area contributed by atoms with Gasteiger partial charge >= 0.3 is 0 Å².